The van der Waals surface area contributed by atoms with Gasteiger partial charge in [0.1, 0.15) is 11.7 Å². The third-order valence-electron chi connectivity index (χ3n) is 5.16. The van der Waals surface area contributed by atoms with Gasteiger partial charge in [0.15, 0.2) is 0 Å². The average molecular weight is 434 g/mol. The molecule has 0 spiro atoms. The molecule has 0 aliphatic carbocycles. The number of rotatable bonds is 6. The molecule has 0 radical (unpaired) electrons. The first-order valence-electron chi connectivity index (χ1n) is 9.72. The average Bonchev–Trinajstić information content (AvgIpc) is 3.07. The molecule has 158 valence electrons. The van der Waals surface area contributed by atoms with Gasteiger partial charge >= 0.3 is 0 Å². The molecule has 0 atom stereocenters. The number of hydrogen-bond donors (Lipinski definition) is 3. The van der Waals surface area contributed by atoms with Gasteiger partial charge in [-0.1, -0.05) is 54.6 Å². The number of carbonyl (C=O) groups is 1. The zero-order chi connectivity index (χ0) is 21.1. The quantitative estimate of drug-likeness (QED) is 0.318. The van der Waals surface area contributed by atoms with E-state index in [2.05, 4.69) is 5.32 Å². The van der Waals surface area contributed by atoms with Crippen molar-refractivity contribution in [2.75, 3.05) is 0 Å². The van der Waals surface area contributed by atoms with Gasteiger partial charge in [0.2, 0.25) is 0 Å². The van der Waals surface area contributed by atoms with Crippen LogP contribution >= 0.6 is 12.4 Å². The summed E-state index contributed by atoms with van der Waals surface area (Å²) in [5.41, 5.74) is 10.7. The first kappa shape index (κ1) is 22.1. The Bertz CT molecular complexity index is 1220. The number of nitrogens with one attached hydrogen (secondary N) is 2. The molecule has 0 bridgehead atoms. The van der Waals surface area contributed by atoms with E-state index >= 15 is 0 Å². The zero-order valence-electron chi connectivity index (χ0n) is 17.1. The number of aryl methyl sites for hydroxylation is 1. The van der Waals surface area contributed by atoms with Gasteiger partial charge < -0.3 is 15.6 Å². The van der Waals surface area contributed by atoms with Crippen LogP contribution in [0.5, 0.6) is 0 Å². The minimum absolute atomic E-state index is 0. The Morgan fingerprint density at radius 2 is 1.68 bits per heavy atom. The predicted molar refractivity (Wildman–Crippen MR) is 126 cm³/mol. The number of nitrogen functional groups attached to an aromatic ring is 1. The first-order valence-corrected chi connectivity index (χ1v) is 9.72. The van der Waals surface area contributed by atoms with E-state index in [1.165, 1.54) is 0 Å². The van der Waals surface area contributed by atoms with Gasteiger partial charge in [0, 0.05) is 31.1 Å². The summed E-state index contributed by atoms with van der Waals surface area (Å²) in [5, 5.41) is 10.5. The molecular formula is C24H24ClN5O. The third-order valence-corrected chi connectivity index (χ3v) is 5.16. The third kappa shape index (κ3) is 4.92. The molecule has 6 nitrogen and oxygen atoms in total. The molecular weight excluding hydrogens is 410 g/mol. The minimum atomic E-state index is -0.118. The molecule has 0 unspecified atom stereocenters. The molecule has 7 heteroatoms. The summed E-state index contributed by atoms with van der Waals surface area (Å²) >= 11 is 0. The summed E-state index contributed by atoms with van der Waals surface area (Å²) in [6.07, 6.45) is 0.652. The van der Waals surface area contributed by atoms with Crippen molar-refractivity contribution >= 4 is 35.2 Å². The molecule has 1 heterocycles. The molecule has 4 aromatic rings. The number of halogens is 1. The van der Waals surface area contributed by atoms with E-state index < -0.39 is 0 Å². The lowest BCUT2D eigenvalue weighted by molar-refractivity contribution is 0.0951. The van der Waals surface area contributed by atoms with Gasteiger partial charge in [0.25, 0.3) is 5.91 Å². The van der Waals surface area contributed by atoms with Crippen LogP contribution in [-0.2, 0) is 20.0 Å². The van der Waals surface area contributed by atoms with Crippen LogP contribution in [0.2, 0.25) is 0 Å². The number of amides is 1. The maximum Gasteiger partial charge on any atom is 0.251 e. The van der Waals surface area contributed by atoms with Crippen molar-refractivity contribution in [2.24, 2.45) is 12.8 Å². The molecule has 4 N–H and O–H groups in total. The van der Waals surface area contributed by atoms with E-state index in [0.717, 1.165) is 28.0 Å². The highest BCUT2D eigenvalue weighted by atomic mass is 35.5. The van der Waals surface area contributed by atoms with Crippen molar-refractivity contribution in [1.29, 1.82) is 5.41 Å². The first-order chi connectivity index (χ1) is 14.5. The van der Waals surface area contributed by atoms with Crippen LogP contribution in [0.1, 0.15) is 32.9 Å². The molecule has 0 fully saturated rings. The Morgan fingerprint density at radius 1 is 1.00 bits per heavy atom. The highest BCUT2D eigenvalue weighted by molar-refractivity contribution is 5.97. The smallest absolute Gasteiger partial charge is 0.251 e. The second-order valence-electron chi connectivity index (χ2n) is 7.25. The van der Waals surface area contributed by atoms with Crippen molar-refractivity contribution in [3.8, 4) is 0 Å². The van der Waals surface area contributed by atoms with Crippen molar-refractivity contribution < 1.29 is 4.79 Å². The fourth-order valence-electron chi connectivity index (χ4n) is 3.41. The molecule has 3 aromatic carbocycles. The fourth-order valence-corrected chi connectivity index (χ4v) is 3.41. The lowest BCUT2D eigenvalue weighted by atomic mass is 10.1. The Kier molecular flexibility index (Phi) is 6.72. The summed E-state index contributed by atoms with van der Waals surface area (Å²) < 4.78 is 2.04. The van der Waals surface area contributed by atoms with Crippen LogP contribution in [0, 0.1) is 5.41 Å². The van der Waals surface area contributed by atoms with Gasteiger partial charge in [-0.25, -0.2) is 4.98 Å². The number of hydrogen-bond acceptors (Lipinski definition) is 3. The Balaban J connectivity index is 0.00000272. The van der Waals surface area contributed by atoms with E-state index in [4.69, 9.17) is 16.1 Å². The second-order valence-corrected chi connectivity index (χ2v) is 7.25. The van der Waals surface area contributed by atoms with Gasteiger partial charge in [-0.15, -0.1) is 12.4 Å². The van der Waals surface area contributed by atoms with Crippen molar-refractivity contribution in [3.63, 3.8) is 0 Å². The Morgan fingerprint density at radius 3 is 2.35 bits per heavy atom. The molecule has 0 saturated heterocycles. The summed E-state index contributed by atoms with van der Waals surface area (Å²) in [4.78, 5) is 17.3. The number of carbonyl (C=O) groups excluding carboxylic acids is 1. The number of amidine groups is 1. The number of benzene rings is 3. The van der Waals surface area contributed by atoms with Gasteiger partial charge in [-0.2, -0.15) is 0 Å². The molecule has 4 rings (SSSR count). The standard InChI is InChI=1S/C24H23N5O.ClH/c1-29-21-12-11-19(24(30)27-15-17-5-3-2-4-6-17)14-20(21)28-22(29)13-16-7-9-18(10-8-16)23(25)26;/h2-12,14H,13,15H2,1H3,(H3,25,26)(H,27,30);1H. The largest absolute Gasteiger partial charge is 0.384 e. The summed E-state index contributed by atoms with van der Waals surface area (Å²) in [7, 11) is 1.98. The van der Waals surface area contributed by atoms with Gasteiger partial charge in [0.05, 0.1) is 11.0 Å². The molecule has 0 saturated carbocycles. The van der Waals surface area contributed by atoms with Gasteiger partial charge in [-0.05, 0) is 29.3 Å². The molecule has 0 aliphatic rings. The monoisotopic (exact) mass is 433 g/mol. The second kappa shape index (κ2) is 9.45. The molecule has 31 heavy (non-hydrogen) atoms. The van der Waals surface area contributed by atoms with Crippen LogP contribution in [0.3, 0.4) is 0 Å². The number of nitrogens with two attached hydrogens (primary N) is 1. The maximum absolute atomic E-state index is 12.6. The molecule has 1 aromatic heterocycles. The highest BCUT2D eigenvalue weighted by Crippen LogP contribution is 2.19. The number of imidazole rings is 1. The van der Waals surface area contributed by atoms with Gasteiger partial charge in [-0.3, -0.25) is 10.2 Å². The minimum Gasteiger partial charge on any atom is -0.384 e. The van der Waals surface area contributed by atoms with Crippen molar-refractivity contribution in [1.82, 2.24) is 14.9 Å². The Hall–Kier alpha value is -3.64. The zero-order valence-corrected chi connectivity index (χ0v) is 17.9. The van der Waals surface area contributed by atoms with Crippen molar-refractivity contribution in [2.45, 2.75) is 13.0 Å². The maximum atomic E-state index is 12.6. The van der Waals surface area contributed by atoms with Crippen LogP contribution in [0.25, 0.3) is 11.0 Å². The SMILES string of the molecule is Cl.Cn1c(Cc2ccc(C(=N)N)cc2)nc2cc(C(=O)NCc3ccccc3)ccc21. The fraction of sp³-hybridized carbons (Fsp3) is 0.125. The number of fused-ring (bicyclic) bond motifs is 1. The van der Waals surface area contributed by atoms with E-state index in [1.54, 1.807) is 0 Å². The summed E-state index contributed by atoms with van der Waals surface area (Å²) in [5.74, 6) is 0.845. The van der Waals surface area contributed by atoms with Crippen LogP contribution < -0.4 is 11.1 Å². The highest BCUT2D eigenvalue weighted by Gasteiger charge is 2.12. The number of aromatic nitrogens is 2. The normalized spacial score (nSPS) is 10.5. The van der Waals surface area contributed by atoms with E-state index in [0.29, 0.717) is 24.1 Å². The lowest BCUT2D eigenvalue weighted by Gasteiger charge is -2.06. The number of nitrogens with zero attached hydrogens (tertiary/aromatic N) is 2. The molecule has 0 aliphatic heterocycles. The molecule has 1 amide bonds. The van der Waals surface area contributed by atoms with E-state index in [1.807, 2.05) is 84.4 Å². The van der Waals surface area contributed by atoms with Crippen LogP contribution in [0.4, 0.5) is 0 Å². The lowest BCUT2D eigenvalue weighted by Crippen LogP contribution is -2.22. The van der Waals surface area contributed by atoms with E-state index in [-0.39, 0.29) is 24.1 Å². The van der Waals surface area contributed by atoms with Crippen LogP contribution in [-0.4, -0.2) is 21.3 Å². The topological polar surface area (TPSA) is 96.8 Å². The predicted octanol–water partition coefficient (Wildman–Crippen LogP) is 3.80. The summed E-state index contributed by atoms with van der Waals surface area (Å²) in [6, 6.07) is 23.0. The summed E-state index contributed by atoms with van der Waals surface area (Å²) in [6.45, 7) is 0.488. The van der Waals surface area contributed by atoms with Crippen molar-refractivity contribution in [3.05, 3.63) is 101 Å². The van der Waals surface area contributed by atoms with E-state index in [9.17, 15) is 4.79 Å². The van der Waals surface area contributed by atoms with Crippen LogP contribution in [0.15, 0.2) is 72.8 Å². The Labute approximate surface area is 187 Å².